The molecular weight excluding hydrogens is 364 g/mol. The molecular formula is C25H50O4. The molecule has 0 bridgehead atoms. The number of aliphatic carboxylic acids is 1. The summed E-state index contributed by atoms with van der Waals surface area (Å²) in [6, 6.07) is 0. The van der Waals surface area contributed by atoms with Gasteiger partial charge in [-0.3, -0.25) is 4.79 Å². The lowest BCUT2D eigenvalue weighted by Crippen LogP contribution is -2.13. The van der Waals surface area contributed by atoms with Crippen LogP contribution in [-0.2, 0) is 4.79 Å². The first-order chi connectivity index (χ1) is 14.1. The third kappa shape index (κ3) is 23.5. The van der Waals surface area contributed by atoms with Crippen molar-refractivity contribution < 1.29 is 20.1 Å². The molecule has 0 aliphatic rings. The lowest BCUT2D eigenvalue weighted by molar-refractivity contribution is -0.137. The molecule has 0 aromatic rings. The van der Waals surface area contributed by atoms with Gasteiger partial charge in [0.05, 0.1) is 12.2 Å². The van der Waals surface area contributed by atoms with E-state index < -0.39 is 5.97 Å². The molecule has 0 radical (unpaired) electrons. The fourth-order valence-corrected chi connectivity index (χ4v) is 3.96. The summed E-state index contributed by atoms with van der Waals surface area (Å²) < 4.78 is 0. The van der Waals surface area contributed by atoms with E-state index in [2.05, 4.69) is 6.92 Å². The second-order valence-electron chi connectivity index (χ2n) is 8.91. The quantitative estimate of drug-likeness (QED) is 0.157. The summed E-state index contributed by atoms with van der Waals surface area (Å²) >= 11 is 0. The van der Waals surface area contributed by atoms with Crippen molar-refractivity contribution >= 4 is 5.97 Å². The van der Waals surface area contributed by atoms with Crippen molar-refractivity contribution in [2.24, 2.45) is 0 Å². The molecule has 3 N–H and O–H groups in total. The van der Waals surface area contributed by atoms with Gasteiger partial charge in [-0.2, -0.15) is 0 Å². The van der Waals surface area contributed by atoms with Crippen LogP contribution < -0.4 is 0 Å². The summed E-state index contributed by atoms with van der Waals surface area (Å²) in [5.74, 6) is -0.668. The van der Waals surface area contributed by atoms with E-state index >= 15 is 0 Å². The van der Waals surface area contributed by atoms with Gasteiger partial charge in [-0.05, 0) is 32.1 Å². The Morgan fingerprint density at radius 3 is 1.28 bits per heavy atom. The lowest BCUT2D eigenvalue weighted by Gasteiger charge is -2.13. The minimum absolute atomic E-state index is 0.230. The Morgan fingerprint density at radius 2 is 0.897 bits per heavy atom. The molecule has 0 aliphatic carbocycles. The second-order valence-corrected chi connectivity index (χ2v) is 8.91. The Labute approximate surface area is 180 Å². The Morgan fingerprint density at radius 1 is 0.552 bits per heavy atom. The molecule has 174 valence electrons. The molecule has 0 heterocycles. The van der Waals surface area contributed by atoms with E-state index in [1.807, 2.05) is 0 Å². The molecule has 0 fully saturated rings. The molecule has 4 heteroatoms. The van der Waals surface area contributed by atoms with Gasteiger partial charge < -0.3 is 15.3 Å². The van der Waals surface area contributed by atoms with Gasteiger partial charge >= 0.3 is 5.97 Å². The van der Waals surface area contributed by atoms with Crippen LogP contribution in [0.15, 0.2) is 0 Å². The highest BCUT2D eigenvalue weighted by Crippen LogP contribution is 2.16. The van der Waals surface area contributed by atoms with Crippen molar-refractivity contribution in [3.8, 4) is 0 Å². The van der Waals surface area contributed by atoms with Gasteiger partial charge in [0, 0.05) is 6.42 Å². The third-order valence-electron chi connectivity index (χ3n) is 5.88. The van der Waals surface area contributed by atoms with Crippen LogP contribution in [0, 0.1) is 0 Å². The molecule has 2 atom stereocenters. The van der Waals surface area contributed by atoms with Gasteiger partial charge in [0.25, 0.3) is 0 Å². The zero-order valence-corrected chi connectivity index (χ0v) is 19.3. The maximum Gasteiger partial charge on any atom is 0.303 e. The first-order valence-electron chi connectivity index (χ1n) is 12.6. The average Bonchev–Trinajstić information content (AvgIpc) is 2.68. The van der Waals surface area contributed by atoms with E-state index in [0.717, 1.165) is 51.4 Å². The number of carboxylic acid groups (broad SMARTS) is 1. The van der Waals surface area contributed by atoms with Gasteiger partial charge in [-0.1, -0.05) is 103 Å². The zero-order valence-electron chi connectivity index (χ0n) is 19.3. The van der Waals surface area contributed by atoms with Crippen LogP contribution in [0.2, 0.25) is 0 Å². The van der Waals surface area contributed by atoms with E-state index in [4.69, 9.17) is 5.11 Å². The smallest absolute Gasteiger partial charge is 0.303 e. The normalized spacial score (nSPS) is 13.5. The predicted octanol–water partition coefficient (Wildman–Crippen LogP) is 7.00. The Balaban J connectivity index is 3.15. The number of rotatable bonds is 23. The number of aliphatic hydroxyl groups is 2. The van der Waals surface area contributed by atoms with Crippen LogP contribution in [0.5, 0.6) is 0 Å². The molecule has 0 saturated carbocycles. The molecule has 0 aromatic carbocycles. The topological polar surface area (TPSA) is 77.8 Å². The number of hydrogen-bond acceptors (Lipinski definition) is 3. The largest absolute Gasteiger partial charge is 0.481 e. The monoisotopic (exact) mass is 414 g/mol. The fraction of sp³-hybridized carbons (Fsp3) is 0.960. The lowest BCUT2D eigenvalue weighted by atomic mass is 10.0. The molecule has 0 aromatic heterocycles. The number of carboxylic acids is 1. The van der Waals surface area contributed by atoms with Gasteiger partial charge in [0.15, 0.2) is 0 Å². The van der Waals surface area contributed by atoms with Crippen LogP contribution >= 0.6 is 0 Å². The Kier molecular flexibility index (Phi) is 21.6. The standard InChI is InChI=1S/C25H50O4/c1-2-18-23(26)21-22-24(27)19-16-14-12-10-8-6-4-3-5-7-9-11-13-15-17-20-25(28)29/h23-24,26-27H,2-22H2,1H3,(H,28,29). The molecule has 2 unspecified atom stereocenters. The number of aliphatic hydroxyl groups excluding tert-OH is 2. The maximum absolute atomic E-state index is 10.4. The Bertz CT molecular complexity index is 346. The highest BCUT2D eigenvalue weighted by Gasteiger charge is 2.08. The molecule has 29 heavy (non-hydrogen) atoms. The molecule has 0 saturated heterocycles. The van der Waals surface area contributed by atoms with Gasteiger partial charge in [-0.25, -0.2) is 0 Å². The molecule has 0 amide bonds. The number of carbonyl (C=O) groups is 1. The first kappa shape index (κ1) is 28.4. The van der Waals surface area contributed by atoms with Crippen LogP contribution in [0.25, 0.3) is 0 Å². The van der Waals surface area contributed by atoms with E-state index in [0.29, 0.717) is 6.42 Å². The SMILES string of the molecule is CCCC(O)CCC(O)CCCCCCCCCCCCCCCCCC(=O)O. The summed E-state index contributed by atoms with van der Waals surface area (Å²) in [6.07, 6.45) is 22.8. The summed E-state index contributed by atoms with van der Waals surface area (Å²) in [6.45, 7) is 2.08. The van der Waals surface area contributed by atoms with E-state index in [1.165, 1.54) is 77.0 Å². The van der Waals surface area contributed by atoms with Crippen molar-refractivity contribution in [1.82, 2.24) is 0 Å². The van der Waals surface area contributed by atoms with Crippen molar-refractivity contribution in [1.29, 1.82) is 0 Å². The van der Waals surface area contributed by atoms with Crippen LogP contribution in [0.3, 0.4) is 0 Å². The highest BCUT2D eigenvalue weighted by molar-refractivity contribution is 5.66. The number of hydrogen-bond donors (Lipinski definition) is 3. The minimum Gasteiger partial charge on any atom is -0.481 e. The molecule has 4 nitrogen and oxygen atoms in total. The average molecular weight is 415 g/mol. The highest BCUT2D eigenvalue weighted by atomic mass is 16.4. The third-order valence-corrected chi connectivity index (χ3v) is 5.88. The van der Waals surface area contributed by atoms with Crippen molar-refractivity contribution in [3.05, 3.63) is 0 Å². The van der Waals surface area contributed by atoms with Crippen LogP contribution in [-0.4, -0.2) is 33.5 Å². The summed E-state index contributed by atoms with van der Waals surface area (Å²) in [4.78, 5) is 10.4. The van der Waals surface area contributed by atoms with Gasteiger partial charge in [-0.15, -0.1) is 0 Å². The second kappa shape index (κ2) is 22.1. The minimum atomic E-state index is -0.668. The Hall–Kier alpha value is -0.610. The van der Waals surface area contributed by atoms with Crippen molar-refractivity contribution in [3.63, 3.8) is 0 Å². The fourth-order valence-electron chi connectivity index (χ4n) is 3.96. The van der Waals surface area contributed by atoms with E-state index in [-0.39, 0.29) is 12.2 Å². The molecule has 0 rings (SSSR count). The summed E-state index contributed by atoms with van der Waals surface area (Å²) in [5, 5.41) is 28.2. The first-order valence-corrected chi connectivity index (χ1v) is 12.6. The molecule has 0 spiro atoms. The number of unbranched alkanes of at least 4 members (excludes halogenated alkanes) is 14. The van der Waals surface area contributed by atoms with E-state index in [1.54, 1.807) is 0 Å². The zero-order chi connectivity index (χ0) is 21.6. The van der Waals surface area contributed by atoms with Crippen molar-refractivity contribution in [2.75, 3.05) is 0 Å². The molecule has 0 aliphatic heterocycles. The van der Waals surface area contributed by atoms with E-state index in [9.17, 15) is 15.0 Å². The van der Waals surface area contributed by atoms with Crippen LogP contribution in [0.1, 0.15) is 142 Å². The maximum atomic E-state index is 10.4. The predicted molar refractivity (Wildman–Crippen MR) is 122 cm³/mol. The summed E-state index contributed by atoms with van der Waals surface area (Å²) in [7, 11) is 0. The van der Waals surface area contributed by atoms with Gasteiger partial charge in [0.2, 0.25) is 0 Å². The summed E-state index contributed by atoms with van der Waals surface area (Å²) in [5.41, 5.74) is 0. The van der Waals surface area contributed by atoms with Crippen molar-refractivity contribution in [2.45, 2.75) is 154 Å². The van der Waals surface area contributed by atoms with Crippen LogP contribution in [0.4, 0.5) is 0 Å². The van der Waals surface area contributed by atoms with Gasteiger partial charge in [0.1, 0.15) is 0 Å².